The fourth-order valence-corrected chi connectivity index (χ4v) is 0.605. The molecule has 0 aliphatic heterocycles. The zero-order valence-electron chi connectivity index (χ0n) is 8.97. The maximum absolute atomic E-state index is 10.5. The molecule has 0 aromatic heterocycles. The van der Waals surface area contributed by atoms with Crippen LogP contribution in [-0.2, 0) is 24.0 Å². The summed E-state index contributed by atoms with van der Waals surface area (Å²) in [5.74, 6) is -2.87. The molecule has 0 aromatic carbocycles. The first kappa shape index (κ1) is 17.3. The Kier molecular flexibility index (Phi) is 12.3. The second kappa shape index (κ2) is 12.0. The number of hydrogen-bond donors (Lipinski definition) is 2. The third-order valence-electron chi connectivity index (χ3n) is 1.30. The van der Waals surface area contributed by atoms with Gasteiger partial charge in [0, 0.05) is 19.3 Å². The smallest absolute Gasteiger partial charge is 0.310 e. The zero-order valence-corrected chi connectivity index (χ0v) is 8.97. The maximum Gasteiger partial charge on any atom is 0.310 e. The van der Waals surface area contributed by atoms with Crippen molar-refractivity contribution in [2.24, 2.45) is 0 Å². The lowest BCUT2D eigenvalue weighted by Crippen LogP contribution is -2.08. The molecule has 2 N–H and O–H groups in total. The molecule has 94 valence electrons. The van der Waals surface area contributed by atoms with E-state index in [-0.39, 0.29) is 25.7 Å². The zero-order chi connectivity index (χ0) is 13.7. The number of carbonyl (C=O) groups is 3. The van der Waals surface area contributed by atoms with Gasteiger partial charge < -0.3 is 10.2 Å². The summed E-state index contributed by atoms with van der Waals surface area (Å²) >= 11 is 0. The first-order valence-electron chi connectivity index (χ1n) is 4.59. The minimum atomic E-state index is -1.22. The highest BCUT2D eigenvalue weighted by atomic mass is 16.4. The Bertz CT molecular complexity index is 274. The minimum absolute atomic E-state index is 0.184. The van der Waals surface area contributed by atoms with E-state index in [1.54, 1.807) is 12.6 Å². The van der Waals surface area contributed by atoms with E-state index in [4.69, 9.17) is 10.2 Å². The van der Waals surface area contributed by atoms with Crippen LogP contribution in [0.5, 0.6) is 0 Å². The lowest BCUT2D eigenvalue weighted by molar-refractivity contribution is -0.142. The molecule has 0 saturated heterocycles. The summed E-state index contributed by atoms with van der Waals surface area (Å²) in [5, 5.41) is 16.2. The van der Waals surface area contributed by atoms with Crippen LogP contribution in [-0.4, -0.2) is 40.5 Å². The molecule has 0 unspecified atom stereocenters. The van der Waals surface area contributed by atoms with E-state index in [0.29, 0.717) is 0 Å². The van der Waals surface area contributed by atoms with Gasteiger partial charge in [0.2, 0.25) is 0 Å². The molecule has 17 heavy (non-hydrogen) atoms. The van der Waals surface area contributed by atoms with Gasteiger partial charge in [0.05, 0.1) is 6.42 Å². The van der Waals surface area contributed by atoms with Gasteiger partial charge in [0.15, 0.2) is 12.6 Å². The van der Waals surface area contributed by atoms with Gasteiger partial charge in [-0.25, -0.2) is 0 Å². The summed E-state index contributed by atoms with van der Waals surface area (Å²) in [4.78, 5) is 48.8. The van der Waals surface area contributed by atoms with Gasteiger partial charge in [-0.1, -0.05) is 0 Å². The Hall–Kier alpha value is -2.05. The average molecular weight is 244 g/mol. The molecule has 0 fully saturated rings. The number of rotatable bonds is 8. The van der Waals surface area contributed by atoms with Gasteiger partial charge in [-0.05, 0) is 0 Å². The number of ketones is 1. The van der Waals surface area contributed by atoms with E-state index in [0.717, 1.165) is 0 Å². The number of Topliss-reactive ketones (excluding diaryl/α,β-unsaturated/α-hetero) is 1. The summed E-state index contributed by atoms with van der Waals surface area (Å²) in [5.41, 5.74) is 0. The Labute approximate surface area is 97.4 Å². The third-order valence-corrected chi connectivity index (χ3v) is 1.30. The molecule has 0 amide bonds. The van der Waals surface area contributed by atoms with E-state index >= 15 is 0 Å². The highest BCUT2D eigenvalue weighted by Crippen LogP contribution is 1.94. The van der Waals surface area contributed by atoms with E-state index in [9.17, 15) is 24.0 Å². The number of carbonyl (C=O) groups excluding carboxylic acids is 3. The van der Waals surface area contributed by atoms with Crippen molar-refractivity contribution >= 4 is 30.3 Å². The molecule has 7 nitrogen and oxygen atoms in total. The molecule has 0 atom stereocenters. The summed E-state index contributed by atoms with van der Waals surface area (Å²) in [6, 6.07) is 0. The van der Waals surface area contributed by atoms with Crippen molar-refractivity contribution in [3.05, 3.63) is 0 Å². The Morgan fingerprint density at radius 1 is 0.824 bits per heavy atom. The van der Waals surface area contributed by atoms with Gasteiger partial charge in [-0.3, -0.25) is 24.0 Å². The lowest BCUT2D eigenvalue weighted by Gasteiger charge is -1.92. The standard InChI is InChI=1S/C6H8O5.C4H4O2/c7-4(3-6(10)11)1-2-5(8)9;5-3-1-2-4-6/h1-3H2,(H,8,9)(H,10,11);1-2H2. The topological polar surface area (TPSA) is 126 Å². The highest BCUT2D eigenvalue weighted by Gasteiger charge is 2.08. The number of aliphatic carboxylic acids is 2. The maximum atomic E-state index is 10.5. The lowest BCUT2D eigenvalue weighted by atomic mass is 10.2. The predicted molar refractivity (Wildman–Crippen MR) is 54.8 cm³/mol. The molecular weight excluding hydrogens is 232 g/mol. The summed E-state index contributed by atoms with van der Waals surface area (Å²) in [6.45, 7) is 0. The minimum Gasteiger partial charge on any atom is -0.481 e. The van der Waals surface area contributed by atoms with Crippen LogP contribution in [0.4, 0.5) is 0 Å². The normalized spacial score (nSPS) is 8.47. The van der Waals surface area contributed by atoms with E-state index in [1.165, 1.54) is 0 Å². The Balaban J connectivity index is 0. The molecule has 7 heteroatoms. The molecule has 0 aliphatic rings. The van der Waals surface area contributed by atoms with Crippen molar-refractivity contribution < 1.29 is 34.2 Å². The fourth-order valence-electron chi connectivity index (χ4n) is 0.605. The van der Waals surface area contributed by atoms with Gasteiger partial charge in [0.25, 0.3) is 0 Å². The predicted octanol–water partition coefficient (Wildman–Crippen LogP) is -0.119. The van der Waals surface area contributed by atoms with Crippen LogP contribution < -0.4 is 0 Å². The number of unbranched alkanes of at least 4 members (excludes halogenated alkanes) is 1. The van der Waals surface area contributed by atoms with Crippen molar-refractivity contribution in [3.8, 4) is 0 Å². The number of hydrogen-bond acceptors (Lipinski definition) is 5. The number of carboxylic acid groups (broad SMARTS) is 2. The van der Waals surface area contributed by atoms with Crippen LogP contribution in [0.1, 0.15) is 32.1 Å². The Morgan fingerprint density at radius 3 is 1.59 bits per heavy atom. The van der Waals surface area contributed by atoms with E-state index in [2.05, 4.69) is 0 Å². The fraction of sp³-hybridized carbons (Fsp3) is 0.500. The molecule has 0 saturated carbocycles. The molecule has 0 rings (SSSR count). The van der Waals surface area contributed by atoms with Crippen LogP contribution in [0.15, 0.2) is 0 Å². The molecule has 2 radical (unpaired) electrons. The van der Waals surface area contributed by atoms with Crippen LogP contribution in [0, 0.1) is 0 Å². The van der Waals surface area contributed by atoms with Gasteiger partial charge in [0.1, 0.15) is 12.2 Å². The van der Waals surface area contributed by atoms with Crippen molar-refractivity contribution in [1.82, 2.24) is 0 Å². The van der Waals surface area contributed by atoms with Crippen LogP contribution >= 0.6 is 0 Å². The van der Waals surface area contributed by atoms with Crippen molar-refractivity contribution in [2.45, 2.75) is 32.1 Å². The third kappa shape index (κ3) is 20.1. The molecule has 0 heterocycles. The Morgan fingerprint density at radius 2 is 1.29 bits per heavy atom. The second-order valence-electron chi connectivity index (χ2n) is 2.79. The molecule has 0 bridgehead atoms. The number of carboxylic acids is 2. The molecular formula is C10H12O7. The van der Waals surface area contributed by atoms with Crippen LogP contribution in [0.2, 0.25) is 0 Å². The first-order chi connectivity index (χ1) is 7.93. The van der Waals surface area contributed by atoms with Gasteiger partial charge in [-0.15, -0.1) is 0 Å². The summed E-state index contributed by atoms with van der Waals surface area (Å²) in [6.07, 6.45) is 2.38. The summed E-state index contributed by atoms with van der Waals surface area (Å²) < 4.78 is 0. The van der Waals surface area contributed by atoms with Crippen molar-refractivity contribution in [3.63, 3.8) is 0 Å². The highest BCUT2D eigenvalue weighted by molar-refractivity contribution is 5.95. The molecule has 0 aliphatic carbocycles. The van der Waals surface area contributed by atoms with Crippen LogP contribution in [0.3, 0.4) is 0 Å². The molecule has 0 aromatic rings. The van der Waals surface area contributed by atoms with Crippen molar-refractivity contribution in [1.29, 1.82) is 0 Å². The van der Waals surface area contributed by atoms with Gasteiger partial charge in [-0.2, -0.15) is 0 Å². The summed E-state index contributed by atoms with van der Waals surface area (Å²) in [7, 11) is 0. The quantitative estimate of drug-likeness (QED) is 0.450. The molecule has 0 spiro atoms. The SMILES string of the molecule is O=C(O)CCC(=O)CC(=O)O.O=[C]CC[C]=O. The average Bonchev–Trinajstić information content (AvgIpc) is 2.23. The van der Waals surface area contributed by atoms with E-state index in [1.807, 2.05) is 0 Å². The first-order valence-corrected chi connectivity index (χ1v) is 4.59. The monoisotopic (exact) mass is 244 g/mol. The van der Waals surface area contributed by atoms with Crippen LogP contribution in [0.25, 0.3) is 0 Å². The van der Waals surface area contributed by atoms with Gasteiger partial charge >= 0.3 is 11.9 Å². The van der Waals surface area contributed by atoms with Crippen molar-refractivity contribution in [2.75, 3.05) is 0 Å². The largest absolute Gasteiger partial charge is 0.481 e. The van der Waals surface area contributed by atoms with E-state index < -0.39 is 24.1 Å². The second-order valence-corrected chi connectivity index (χ2v) is 2.79.